The van der Waals surface area contributed by atoms with Crippen LogP contribution in [-0.2, 0) is 0 Å². The molecule has 8 heteroatoms. The van der Waals surface area contributed by atoms with Crippen LogP contribution in [0.2, 0.25) is 0 Å². The van der Waals surface area contributed by atoms with Crippen molar-refractivity contribution in [3.8, 4) is 17.0 Å². The van der Waals surface area contributed by atoms with Gasteiger partial charge in [0.05, 0.1) is 18.5 Å². The van der Waals surface area contributed by atoms with Gasteiger partial charge in [0, 0.05) is 31.7 Å². The fourth-order valence-electron chi connectivity index (χ4n) is 3.31. The number of para-hydroxylation sites is 1. The normalized spacial score (nSPS) is 13.8. The van der Waals surface area contributed by atoms with Crippen molar-refractivity contribution in [1.29, 1.82) is 0 Å². The largest absolute Gasteiger partial charge is 0.497 e. The lowest BCUT2D eigenvalue weighted by Crippen LogP contribution is -2.50. The highest BCUT2D eigenvalue weighted by molar-refractivity contribution is 5.89. The van der Waals surface area contributed by atoms with Gasteiger partial charge in [0.25, 0.3) is 0 Å². The van der Waals surface area contributed by atoms with Gasteiger partial charge in [-0.15, -0.1) is 10.2 Å². The van der Waals surface area contributed by atoms with Gasteiger partial charge in [0.1, 0.15) is 11.6 Å². The van der Waals surface area contributed by atoms with Crippen LogP contribution in [0.3, 0.4) is 0 Å². The molecule has 2 amide bonds. The Morgan fingerprint density at radius 2 is 1.70 bits per heavy atom. The summed E-state index contributed by atoms with van der Waals surface area (Å²) in [6.07, 6.45) is 0. The average molecular weight is 407 g/mol. The van der Waals surface area contributed by atoms with E-state index >= 15 is 0 Å². The summed E-state index contributed by atoms with van der Waals surface area (Å²) in [5.74, 6) is 1.11. The molecule has 0 atom stereocenters. The molecule has 2 aromatic carbocycles. The van der Waals surface area contributed by atoms with Crippen molar-refractivity contribution >= 4 is 17.5 Å². The molecule has 30 heavy (non-hydrogen) atoms. The van der Waals surface area contributed by atoms with E-state index < -0.39 is 5.82 Å². The summed E-state index contributed by atoms with van der Waals surface area (Å²) in [6, 6.07) is 17.3. The monoisotopic (exact) mass is 407 g/mol. The molecule has 1 aliphatic heterocycles. The second-order valence-electron chi connectivity index (χ2n) is 6.89. The predicted molar refractivity (Wildman–Crippen MR) is 113 cm³/mol. The van der Waals surface area contributed by atoms with E-state index in [2.05, 4.69) is 20.4 Å². The smallest absolute Gasteiger partial charge is 0.322 e. The van der Waals surface area contributed by atoms with Crippen LogP contribution in [0.25, 0.3) is 11.3 Å². The van der Waals surface area contributed by atoms with Gasteiger partial charge in [-0.25, -0.2) is 9.18 Å². The lowest BCUT2D eigenvalue weighted by atomic mass is 10.1. The van der Waals surface area contributed by atoms with Crippen molar-refractivity contribution in [2.45, 2.75) is 0 Å². The van der Waals surface area contributed by atoms with Crippen molar-refractivity contribution in [2.75, 3.05) is 43.5 Å². The van der Waals surface area contributed by atoms with Crippen LogP contribution in [-0.4, -0.2) is 54.4 Å². The average Bonchev–Trinajstić information content (AvgIpc) is 2.81. The number of hydrogen-bond acceptors (Lipinski definition) is 5. The molecule has 2 heterocycles. The molecule has 0 bridgehead atoms. The lowest BCUT2D eigenvalue weighted by Gasteiger charge is -2.35. The summed E-state index contributed by atoms with van der Waals surface area (Å²) in [7, 11) is 1.63. The molecule has 7 nitrogen and oxygen atoms in total. The number of benzene rings is 2. The van der Waals surface area contributed by atoms with E-state index in [4.69, 9.17) is 4.74 Å². The first kappa shape index (κ1) is 19.6. The second kappa shape index (κ2) is 8.77. The van der Waals surface area contributed by atoms with Crippen LogP contribution in [0.4, 0.5) is 20.7 Å². The molecular weight excluding hydrogens is 385 g/mol. The lowest BCUT2D eigenvalue weighted by molar-refractivity contribution is 0.208. The standard InChI is InChI=1S/C22H22FN5O2/c1-30-17-8-6-16(7-9-17)19-10-11-21(26-25-19)27-12-14-28(15-13-27)22(29)24-20-5-3-2-4-18(20)23/h2-11H,12-15H2,1H3,(H,24,29). The van der Waals surface area contributed by atoms with Crippen molar-refractivity contribution in [2.24, 2.45) is 0 Å². The third kappa shape index (κ3) is 4.32. The zero-order valence-corrected chi connectivity index (χ0v) is 16.6. The molecule has 1 saturated heterocycles. The summed E-state index contributed by atoms with van der Waals surface area (Å²) in [4.78, 5) is 16.2. The number of anilines is 2. The van der Waals surface area contributed by atoms with E-state index in [0.29, 0.717) is 26.2 Å². The number of carbonyl (C=O) groups excluding carboxylic acids is 1. The molecule has 1 aliphatic rings. The number of amides is 2. The summed E-state index contributed by atoms with van der Waals surface area (Å²) in [5, 5.41) is 11.3. The zero-order chi connectivity index (χ0) is 20.9. The number of halogens is 1. The third-order valence-electron chi connectivity index (χ3n) is 5.04. The Hall–Kier alpha value is -3.68. The Balaban J connectivity index is 1.34. The molecule has 3 aromatic rings. The zero-order valence-electron chi connectivity index (χ0n) is 16.6. The van der Waals surface area contributed by atoms with Crippen molar-refractivity contribution < 1.29 is 13.9 Å². The van der Waals surface area contributed by atoms with Crippen molar-refractivity contribution in [3.63, 3.8) is 0 Å². The Morgan fingerprint density at radius 1 is 0.967 bits per heavy atom. The maximum atomic E-state index is 13.7. The second-order valence-corrected chi connectivity index (χ2v) is 6.89. The summed E-state index contributed by atoms with van der Waals surface area (Å²) in [5.41, 5.74) is 1.93. The van der Waals surface area contributed by atoms with E-state index in [0.717, 1.165) is 22.8 Å². The minimum atomic E-state index is -0.447. The van der Waals surface area contributed by atoms with E-state index in [-0.39, 0.29) is 11.7 Å². The number of ether oxygens (including phenoxy) is 1. The van der Waals surface area contributed by atoms with Crippen LogP contribution < -0.4 is 15.0 Å². The predicted octanol–water partition coefficient (Wildman–Crippen LogP) is 3.65. The van der Waals surface area contributed by atoms with Crippen LogP contribution >= 0.6 is 0 Å². The Kier molecular flexibility index (Phi) is 5.74. The number of methoxy groups -OCH3 is 1. The van der Waals surface area contributed by atoms with Crippen LogP contribution in [0.15, 0.2) is 60.7 Å². The van der Waals surface area contributed by atoms with E-state index in [1.54, 1.807) is 30.2 Å². The molecular formula is C22H22FN5O2. The number of hydrogen-bond donors (Lipinski definition) is 1. The first-order valence-corrected chi connectivity index (χ1v) is 9.67. The minimum absolute atomic E-state index is 0.185. The molecule has 0 aliphatic carbocycles. The highest BCUT2D eigenvalue weighted by Gasteiger charge is 2.22. The molecule has 4 rings (SSSR count). The van der Waals surface area contributed by atoms with Crippen LogP contribution in [0.1, 0.15) is 0 Å². The maximum absolute atomic E-state index is 13.7. The molecule has 1 fully saturated rings. The molecule has 0 radical (unpaired) electrons. The summed E-state index contributed by atoms with van der Waals surface area (Å²) < 4.78 is 18.9. The number of piperazine rings is 1. The first-order chi connectivity index (χ1) is 14.6. The van der Waals surface area contributed by atoms with Crippen molar-refractivity contribution in [1.82, 2.24) is 15.1 Å². The van der Waals surface area contributed by atoms with E-state index in [1.165, 1.54) is 6.07 Å². The van der Waals surface area contributed by atoms with E-state index in [9.17, 15) is 9.18 Å². The fraction of sp³-hybridized carbons (Fsp3) is 0.227. The van der Waals surface area contributed by atoms with Gasteiger partial charge in [0.2, 0.25) is 0 Å². The van der Waals surface area contributed by atoms with Gasteiger partial charge >= 0.3 is 6.03 Å². The first-order valence-electron chi connectivity index (χ1n) is 9.67. The van der Waals surface area contributed by atoms with Crippen LogP contribution in [0, 0.1) is 5.82 Å². The molecule has 154 valence electrons. The van der Waals surface area contributed by atoms with Crippen LogP contribution in [0.5, 0.6) is 5.75 Å². The Labute approximate surface area is 174 Å². The van der Waals surface area contributed by atoms with E-state index in [1.807, 2.05) is 36.4 Å². The SMILES string of the molecule is COc1ccc(-c2ccc(N3CCN(C(=O)Nc4ccccc4F)CC3)nn2)cc1. The minimum Gasteiger partial charge on any atom is -0.497 e. The number of nitrogens with zero attached hydrogens (tertiary/aromatic N) is 4. The highest BCUT2D eigenvalue weighted by atomic mass is 19.1. The number of urea groups is 1. The summed E-state index contributed by atoms with van der Waals surface area (Å²) in [6.45, 7) is 2.28. The number of aromatic nitrogens is 2. The Morgan fingerprint density at radius 3 is 2.33 bits per heavy atom. The number of nitrogens with one attached hydrogen (secondary N) is 1. The molecule has 0 saturated carbocycles. The highest BCUT2D eigenvalue weighted by Crippen LogP contribution is 2.22. The Bertz CT molecular complexity index is 1000. The third-order valence-corrected chi connectivity index (χ3v) is 5.04. The topological polar surface area (TPSA) is 70.6 Å². The maximum Gasteiger partial charge on any atom is 0.322 e. The molecule has 1 aromatic heterocycles. The van der Waals surface area contributed by atoms with Crippen molar-refractivity contribution in [3.05, 3.63) is 66.5 Å². The van der Waals surface area contributed by atoms with Gasteiger partial charge in [-0.2, -0.15) is 0 Å². The molecule has 1 N–H and O–H groups in total. The van der Waals surface area contributed by atoms with Gasteiger partial charge in [-0.05, 0) is 48.5 Å². The van der Waals surface area contributed by atoms with Gasteiger partial charge in [0.15, 0.2) is 5.82 Å². The number of carbonyl (C=O) groups is 1. The quantitative estimate of drug-likeness (QED) is 0.715. The molecule has 0 spiro atoms. The van der Waals surface area contributed by atoms with Gasteiger partial charge in [-0.1, -0.05) is 12.1 Å². The summed E-state index contributed by atoms with van der Waals surface area (Å²) >= 11 is 0. The fourth-order valence-corrected chi connectivity index (χ4v) is 3.31. The van der Waals surface area contributed by atoms with Gasteiger partial charge in [-0.3, -0.25) is 0 Å². The molecule has 0 unspecified atom stereocenters. The number of rotatable bonds is 4. The van der Waals surface area contributed by atoms with Gasteiger partial charge < -0.3 is 19.9 Å².